The van der Waals surface area contributed by atoms with Gasteiger partial charge < -0.3 is 4.98 Å². The molecule has 0 spiro atoms. The van der Waals surface area contributed by atoms with Crippen molar-refractivity contribution in [2.75, 3.05) is 6.54 Å². The predicted octanol–water partition coefficient (Wildman–Crippen LogP) is 3.09. The molecule has 6 nitrogen and oxygen atoms in total. The Morgan fingerprint density at radius 3 is 2.69 bits per heavy atom. The Hall–Kier alpha value is -2.28. The molecule has 4 rings (SSSR count). The number of fused-ring (bicyclic) bond motifs is 1. The third kappa shape index (κ3) is 3.49. The summed E-state index contributed by atoms with van der Waals surface area (Å²) in [4.78, 5) is 30.3. The van der Waals surface area contributed by atoms with Crippen LogP contribution < -0.4 is 5.56 Å². The summed E-state index contributed by atoms with van der Waals surface area (Å²) in [5.41, 5.74) is 3.21. The van der Waals surface area contributed by atoms with Crippen LogP contribution in [0.25, 0.3) is 11.4 Å². The molecule has 1 aliphatic rings. The van der Waals surface area contributed by atoms with Gasteiger partial charge in [-0.15, -0.1) is 0 Å². The van der Waals surface area contributed by atoms with Gasteiger partial charge >= 0.3 is 0 Å². The van der Waals surface area contributed by atoms with E-state index in [1.807, 2.05) is 18.2 Å². The lowest BCUT2D eigenvalue weighted by molar-refractivity contribution is 0.240. The summed E-state index contributed by atoms with van der Waals surface area (Å²) in [7, 11) is 0. The van der Waals surface area contributed by atoms with Gasteiger partial charge in [-0.1, -0.05) is 29.3 Å². The van der Waals surface area contributed by atoms with Gasteiger partial charge in [0.25, 0.3) is 5.56 Å². The maximum absolute atomic E-state index is 12.4. The highest BCUT2D eigenvalue weighted by atomic mass is 35.5. The van der Waals surface area contributed by atoms with Crippen LogP contribution in [0, 0.1) is 0 Å². The van der Waals surface area contributed by atoms with Crippen LogP contribution in [-0.2, 0) is 19.5 Å². The molecule has 0 radical (unpaired) electrons. The fourth-order valence-electron chi connectivity index (χ4n) is 3.08. The fourth-order valence-corrected chi connectivity index (χ4v) is 3.48. The molecule has 132 valence electrons. The minimum Gasteiger partial charge on any atom is -0.306 e. The Labute approximate surface area is 159 Å². The largest absolute Gasteiger partial charge is 0.306 e. The number of nitrogens with one attached hydrogen (secondary N) is 1. The molecule has 8 heteroatoms. The first kappa shape index (κ1) is 17.1. The van der Waals surface area contributed by atoms with Crippen LogP contribution in [0.4, 0.5) is 0 Å². The Morgan fingerprint density at radius 2 is 1.92 bits per heavy atom. The minimum atomic E-state index is -0.0762. The summed E-state index contributed by atoms with van der Waals surface area (Å²) < 4.78 is 0. The highest BCUT2D eigenvalue weighted by Crippen LogP contribution is 2.22. The summed E-state index contributed by atoms with van der Waals surface area (Å²) in [6.07, 6.45) is 4.00. The fraction of sp³-hybridized carbons (Fsp3) is 0.222. The van der Waals surface area contributed by atoms with E-state index < -0.39 is 0 Å². The molecule has 0 atom stereocenters. The minimum absolute atomic E-state index is 0.0762. The van der Waals surface area contributed by atoms with Crippen molar-refractivity contribution >= 4 is 23.2 Å². The molecule has 3 aromatic rings. The number of aromatic amines is 1. The Kier molecular flexibility index (Phi) is 4.72. The van der Waals surface area contributed by atoms with E-state index in [4.69, 9.17) is 23.2 Å². The van der Waals surface area contributed by atoms with Crippen molar-refractivity contribution in [3.63, 3.8) is 0 Å². The molecule has 0 amide bonds. The van der Waals surface area contributed by atoms with Crippen molar-refractivity contribution in [1.29, 1.82) is 0 Å². The van der Waals surface area contributed by atoms with Crippen molar-refractivity contribution in [1.82, 2.24) is 24.8 Å². The summed E-state index contributed by atoms with van der Waals surface area (Å²) in [5.74, 6) is 0.559. The first-order valence-corrected chi connectivity index (χ1v) is 8.91. The van der Waals surface area contributed by atoms with E-state index in [1.165, 1.54) is 0 Å². The lowest BCUT2D eigenvalue weighted by Crippen LogP contribution is -2.35. The second-order valence-electron chi connectivity index (χ2n) is 6.12. The first-order chi connectivity index (χ1) is 12.6. The zero-order valence-corrected chi connectivity index (χ0v) is 15.3. The van der Waals surface area contributed by atoms with Gasteiger partial charge in [-0.3, -0.25) is 14.7 Å². The van der Waals surface area contributed by atoms with Crippen LogP contribution in [0.1, 0.15) is 16.8 Å². The zero-order valence-electron chi connectivity index (χ0n) is 13.7. The van der Waals surface area contributed by atoms with Gasteiger partial charge in [0.15, 0.2) is 0 Å². The standard InChI is InChI=1S/C18H15Cl2N5O/c19-15-2-1-12(16(20)23-15)9-25-8-5-13-14(10-25)22-17(24-18(13)26)11-3-6-21-7-4-11/h1-4,6-7H,5,8-10H2,(H,22,24,26). The normalized spacial score (nSPS) is 14.2. The highest BCUT2D eigenvalue weighted by molar-refractivity contribution is 6.32. The van der Waals surface area contributed by atoms with Crippen molar-refractivity contribution in [3.8, 4) is 11.4 Å². The van der Waals surface area contributed by atoms with Crippen LogP contribution in [0.15, 0.2) is 41.5 Å². The van der Waals surface area contributed by atoms with Crippen LogP contribution >= 0.6 is 23.2 Å². The van der Waals surface area contributed by atoms with Crippen LogP contribution in [0.3, 0.4) is 0 Å². The summed E-state index contributed by atoms with van der Waals surface area (Å²) in [5, 5.41) is 0.776. The van der Waals surface area contributed by atoms with Crippen molar-refractivity contribution < 1.29 is 0 Å². The molecule has 26 heavy (non-hydrogen) atoms. The van der Waals surface area contributed by atoms with E-state index in [0.717, 1.165) is 28.9 Å². The summed E-state index contributed by atoms with van der Waals surface area (Å²) >= 11 is 12.0. The molecule has 3 aromatic heterocycles. The number of pyridine rings is 2. The van der Waals surface area contributed by atoms with Crippen molar-refractivity contribution in [2.24, 2.45) is 0 Å². The first-order valence-electron chi connectivity index (χ1n) is 8.16. The van der Waals surface area contributed by atoms with Crippen LogP contribution in [0.2, 0.25) is 10.3 Å². The number of H-pyrrole nitrogens is 1. The summed E-state index contributed by atoms with van der Waals surface area (Å²) in [6.45, 7) is 1.96. The van der Waals surface area contributed by atoms with E-state index >= 15 is 0 Å². The quantitative estimate of drug-likeness (QED) is 0.698. The van der Waals surface area contributed by atoms with E-state index in [2.05, 4.69) is 24.8 Å². The smallest absolute Gasteiger partial charge is 0.254 e. The third-order valence-corrected chi connectivity index (χ3v) is 4.93. The number of hydrogen-bond acceptors (Lipinski definition) is 5. The van der Waals surface area contributed by atoms with Crippen molar-refractivity contribution in [3.05, 3.63) is 74.1 Å². The molecule has 0 fully saturated rings. The average Bonchev–Trinajstić information content (AvgIpc) is 2.64. The van der Waals surface area contributed by atoms with Crippen LogP contribution in [0.5, 0.6) is 0 Å². The van der Waals surface area contributed by atoms with Gasteiger partial charge in [0.05, 0.1) is 5.69 Å². The van der Waals surface area contributed by atoms with E-state index in [9.17, 15) is 4.79 Å². The molecular formula is C18H15Cl2N5O. The molecule has 1 aliphatic heterocycles. The van der Waals surface area contributed by atoms with Crippen molar-refractivity contribution in [2.45, 2.75) is 19.5 Å². The number of nitrogens with zero attached hydrogens (tertiary/aromatic N) is 4. The molecule has 0 unspecified atom stereocenters. The number of aromatic nitrogens is 4. The average molecular weight is 388 g/mol. The highest BCUT2D eigenvalue weighted by Gasteiger charge is 2.22. The van der Waals surface area contributed by atoms with Gasteiger partial charge in [0.2, 0.25) is 0 Å². The number of halogens is 2. The second-order valence-corrected chi connectivity index (χ2v) is 6.87. The SMILES string of the molecule is O=c1[nH]c(-c2ccncc2)nc2c1CCN(Cc1ccc(Cl)nc1Cl)C2. The summed E-state index contributed by atoms with van der Waals surface area (Å²) in [6, 6.07) is 7.25. The monoisotopic (exact) mass is 387 g/mol. The van der Waals surface area contributed by atoms with E-state index in [1.54, 1.807) is 18.5 Å². The molecule has 0 aromatic carbocycles. The predicted molar refractivity (Wildman–Crippen MR) is 100 cm³/mol. The molecule has 0 bridgehead atoms. The molecule has 0 saturated carbocycles. The lowest BCUT2D eigenvalue weighted by Gasteiger charge is -2.27. The molecule has 4 heterocycles. The Morgan fingerprint density at radius 1 is 1.12 bits per heavy atom. The second kappa shape index (κ2) is 7.15. The maximum Gasteiger partial charge on any atom is 0.254 e. The molecule has 1 N–H and O–H groups in total. The Balaban J connectivity index is 1.61. The van der Waals surface area contributed by atoms with E-state index in [-0.39, 0.29) is 5.56 Å². The third-order valence-electron chi connectivity index (χ3n) is 4.39. The maximum atomic E-state index is 12.4. The zero-order chi connectivity index (χ0) is 18.1. The topological polar surface area (TPSA) is 74.8 Å². The molecule has 0 aliphatic carbocycles. The van der Waals surface area contributed by atoms with Gasteiger partial charge in [0.1, 0.15) is 16.1 Å². The number of hydrogen-bond donors (Lipinski definition) is 1. The van der Waals surface area contributed by atoms with E-state index in [0.29, 0.717) is 35.6 Å². The number of rotatable bonds is 3. The molecular weight excluding hydrogens is 373 g/mol. The van der Waals surface area contributed by atoms with Gasteiger partial charge in [-0.05, 0) is 24.6 Å². The van der Waals surface area contributed by atoms with Gasteiger partial charge in [-0.2, -0.15) is 0 Å². The van der Waals surface area contributed by atoms with Gasteiger partial charge in [-0.25, -0.2) is 9.97 Å². The lowest BCUT2D eigenvalue weighted by atomic mass is 10.1. The molecule has 0 saturated heterocycles. The Bertz CT molecular complexity index is 1010. The van der Waals surface area contributed by atoms with Crippen LogP contribution in [-0.4, -0.2) is 31.4 Å². The van der Waals surface area contributed by atoms with Gasteiger partial charge in [0, 0.05) is 48.7 Å².